The van der Waals surface area contributed by atoms with E-state index in [1.807, 2.05) is 0 Å². The van der Waals surface area contributed by atoms with Crippen molar-refractivity contribution in [2.45, 2.75) is 12.5 Å². The summed E-state index contributed by atoms with van der Waals surface area (Å²) in [6.07, 6.45) is 1.75. The van der Waals surface area contributed by atoms with Crippen molar-refractivity contribution in [3.8, 4) is 0 Å². The molecule has 0 bridgehead atoms. The SMILES string of the molecule is N.[CH2]C(O)CC=C. The van der Waals surface area contributed by atoms with Crippen LogP contribution in [0.1, 0.15) is 6.42 Å². The van der Waals surface area contributed by atoms with E-state index in [9.17, 15) is 0 Å². The van der Waals surface area contributed by atoms with Gasteiger partial charge in [-0.2, -0.15) is 0 Å². The Morgan fingerprint density at radius 2 is 2.14 bits per heavy atom. The van der Waals surface area contributed by atoms with Crippen LogP contribution in [0.25, 0.3) is 0 Å². The van der Waals surface area contributed by atoms with Crippen molar-refractivity contribution in [1.29, 1.82) is 0 Å². The van der Waals surface area contributed by atoms with Crippen molar-refractivity contribution < 1.29 is 5.11 Å². The summed E-state index contributed by atoms with van der Waals surface area (Å²) < 4.78 is 0. The summed E-state index contributed by atoms with van der Waals surface area (Å²) in [5.41, 5.74) is 0. The van der Waals surface area contributed by atoms with E-state index in [1.165, 1.54) is 0 Å². The lowest BCUT2D eigenvalue weighted by atomic mass is 10.3. The van der Waals surface area contributed by atoms with E-state index in [0.29, 0.717) is 6.42 Å². The molecular weight excluding hydrogens is 90.1 g/mol. The highest BCUT2D eigenvalue weighted by molar-refractivity contribution is 4.72. The maximum atomic E-state index is 8.37. The summed E-state index contributed by atoms with van der Waals surface area (Å²) in [7, 11) is 0. The molecule has 0 fully saturated rings. The third-order valence-electron chi connectivity index (χ3n) is 0.439. The molecule has 0 aliphatic heterocycles. The van der Waals surface area contributed by atoms with Gasteiger partial charge in [-0.3, -0.25) is 0 Å². The van der Waals surface area contributed by atoms with Crippen LogP contribution >= 0.6 is 0 Å². The largest absolute Gasteiger partial charge is 0.393 e. The zero-order valence-electron chi connectivity index (χ0n) is 4.43. The third-order valence-corrected chi connectivity index (χ3v) is 0.439. The molecule has 0 aliphatic rings. The van der Waals surface area contributed by atoms with Crippen LogP contribution in [0.5, 0.6) is 0 Å². The summed E-state index contributed by atoms with van der Waals surface area (Å²) in [6.45, 7) is 6.71. The molecule has 0 amide bonds. The second kappa shape index (κ2) is 5.66. The average Bonchev–Trinajstić information content (AvgIpc) is 1.35. The van der Waals surface area contributed by atoms with E-state index in [4.69, 9.17) is 5.11 Å². The highest BCUT2D eigenvalue weighted by Crippen LogP contribution is 1.85. The standard InChI is InChI=1S/C5H9O.H3N/c1-3-4-5(2)6;/h3,5-6H,1-2,4H2;1H3. The Morgan fingerprint density at radius 3 is 2.14 bits per heavy atom. The van der Waals surface area contributed by atoms with Gasteiger partial charge in [0.15, 0.2) is 0 Å². The summed E-state index contributed by atoms with van der Waals surface area (Å²) in [5.74, 6) is 0. The number of aliphatic hydroxyl groups is 1. The molecule has 1 unspecified atom stereocenters. The predicted octanol–water partition coefficient (Wildman–Crippen LogP) is 0.919. The topological polar surface area (TPSA) is 55.2 Å². The van der Waals surface area contributed by atoms with Gasteiger partial charge in [0.05, 0.1) is 6.10 Å². The number of aliphatic hydroxyl groups excluding tert-OH is 1. The van der Waals surface area contributed by atoms with Crippen LogP contribution in [0.15, 0.2) is 12.7 Å². The van der Waals surface area contributed by atoms with Crippen LogP contribution in [-0.2, 0) is 0 Å². The molecule has 2 heteroatoms. The molecule has 4 N–H and O–H groups in total. The van der Waals surface area contributed by atoms with Gasteiger partial charge in [-0.1, -0.05) is 6.08 Å². The van der Waals surface area contributed by atoms with Crippen molar-refractivity contribution in [3.63, 3.8) is 0 Å². The molecule has 0 saturated carbocycles. The van der Waals surface area contributed by atoms with Crippen molar-refractivity contribution >= 4 is 0 Å². The van der Waals surface area contributed by atoms with Crippen molar-refractivity contribution in [2.75, 3.05) is 0 Å². The Labute approximate surface area is 44.4 Å². The lowest BCUT2D eigenvalue weighted by Gasteiger charge is -1.92. The van der Waals surface area contributed by atoms with Crippen LogP contribution < -0.4 is 6.15 Å². The van der Waals surface area contributed by atoms with E-state index in [1.54, 1.807) is 6.08 Å². The molecule has 1 radical (unpaired) electrons. The maximum Gasteiger partial charge on any atom is 0.0575 e. The van der Waals surface area contributed by atoms with E-state index in [-0.39, 0.29) is 6.15 Å². The fraction of sp³-hybridized carbons (Fsp3) is 0.400. The molecule has 43 valence electrons. The first-order chi connectivity index (χ1) is 2.77. The van der Waals surface area contributed by atoms with Gasteiger partial charge < -0.3 is 11.3 Å². The van der Waals surface area contributed by atoms with Crippen LogP contribution in [0.3, 0.4) is 0 Å². The number of hydrogen-bond donors (Lipinski definition) is 2. The van der Waals surface area contributed by atoms with Gasteiger partial charge in [0.1, 0.15) is 0 Å². The van der Waals surface area contributed by atoms with Gasteiger partial charge >= 0.3 is 0 Å². The van der Waals surface area contributed by atoms with E-state index < -0.39 is 6.10 Å². The minimum absolute atomic E-state index is 0. The van der Waals surface area contributed by atoms with Crippen LogP contribution in [0.2, 0.25) is 0 Å². The molecule has 0 aromatic carbocycles. The highest BCUT2D eigenvalue weighted by atomic mass is 16.3. The van der Waals surface area contributed by atoms with Gasteiger partial charge in [-0.15, -0.1) is 6.58 Å². The van der Waals surface area contributed by atoms with E-state index in [2.05, 4.69) is 13.5 Å². The number of rotatable bonds is 2. The van der Waals surface area contributed by atoms with Crippen LogP contribution in [0, 0.1) is 6.92 Å². The maximum absolute atomic E-state index is 8.37. The number of hydrogen-bond acceptors (Lipinski definition) is 2. The molecule has 0 saturated heterocycles. The third kappa shape index (κ3) is 10.7. The Kier molecular flexibility index (Phi) is 7.94. The molecule has 0 aromatic heterocycles. The molecule has 0 spiro atoms. The zero-order chi connectivity index (χ0) is 4.99. The van der Waals surface area contributed by atoms with E-state index in [0.717, 1.165) is 0 Å². The van der Waals surface area contributed by atoms with Crippen LogP contribution in [0.4, 0.5) is 0 Å². The highest BCUT2D eigenvalue weighted by Gasteiger charge is 1.84. The lowest BCUT2D eigenvalue weighted by molar-refractivity contribution is 0.224. The summed E-state index contributed by atoms with van der Waals surface area (Å²) in [4.78, 5) is 0. The summed E-state index contributed by atoms with van der Waals surface area (Å²) in [6, 6.07) is 0. The van der Waals surface area contributed by atoms with Crippen LogP contribution in [-0.4, -0.2) is 11.2 Å². The Hall–Kier alpha value is -0.340. The predicted molar refractivity (Wildman–Crippen MR) is 31.2 cm³/mol. The monoisotopic (exact) mass is 102 g/mol. The quantitative estimate of drug-likeness (QED) is 0.509. The first-order valence-corrected chi connectivity index (χ1v) is 1.89. The zero-order valence-corrected chi connectivity index (χ0v) is 4.43. The molecule has 1 atom stereocenters. The molecule has 2 nitrogen and oxygen atoms in total. The van der Waals surface area contributed by atoms with Gasteiger partial charge in [-0.05, 0) is 13.3 Å². The minimum Gasteiger partial charge on any atom is -0.393 e. The normalized spacial score (nSPS) is 11.7. The van der Waals surface area contributed by atoms with Crippen molar-refractivity contribution in [2.24, 2.45) is 0 Å². The average molecular weight is 102 g/mol. The lowest BCUT2D eigenvalue weighted by Crippen LogP contribution is -1.94. The Balaban J connectivity index is 0. The van der Waals surface area contributed by atoms with Gasteiger partial charge in [0, 0.05) is 0 Å². The molecule has 7 heavy (non-hydrogen) atoms. The fourth-order valence-corrected chi connectivity index (χ4v) is 0.192. The van der Waals surface area contributed by atoms with Crippen molar-refractivity contribution in [1.82, 2.24) is 6.15 Å². The first kappa shape index (κ1) is 9.83. The van der Waals surface area contributed by atoms with E-state index >= 15 is 0 Å². The second-order valence-corrected chi connectivity index (χ2v) is 1.18. The Morgan fingerprint density at radius 1 is 1.71 bits per heavy atom. The van der Waals surface area contributed by atoms with Gasteiger partial charge in [-0.25, -0.2) is 0 Å². The molecular formula is C5H12NO. The smallest absolute Gasteiger partial charge is 0.0575 e. The molecule has 0 heterocycles. The summed E-state index contributed by atoms with van der Waals surface area (Å²) in [5, 5.41) is 8.37. The molecule has 0 rings (SSSR count). The molecule has 0 aliphatic carbocycles. The fourth-order valence-electron chi connectivity index (χ4n) is 0.192. The Bertz CT molecular complexity index is 43.3. The molecule has 0 aromatic rings. The van der Waals surface area contributed by atoms with Gasteiger partial charge in [0.2, 0.25) is 0 Å². The minimum atomic E-state index is -0.470. The van der Waals surface area contributed by atoms with Gasteiger partial charge in [0.25, 0.3) is 0 Å². The van der Waals surface area contributed by atoms with Crippen molar-refractivity contribution in [3.05, 3.63) is 19.6 Å². The second-order valence-electron chi connectivity index (χ2n) is 1.18. The summed E-state index contributed by atoms with van der Waals surface area (Å²) >= 11 is 0. The first-order valence-electron chi connectivity index (χ1n) is 1.89.